The summed E-state index contributed by atoms with van der Waals surface area (Å²) < 4.78 is 5.26. The van der Waals surface area contributed by atoms with E-state index in [0.29, 0.717) is 36.9 Å². The highest BCUT2D eigenvalue weighted by molar-refractivity contribution is 6.32. The van der Waals surface area contributed by atoms with Gasteiger partial charge in [-0.3, -0.25) is 24.5 Å². The first kappa shape index (κ1) is 18.6. The fourth-order valence-corrected chi connectivity index (χ4v) is 3.50. The number of amides is 3. The van der Waals surface area contributed by atoms with Crippen molar-refractivity contribution in [3.8, 4) is 0 Å². The molecule has 0 unspecified atom stereocenters. The van der Waals surface area contributed by atoms with Crippen molar-refractivity contribution in [2.45, 2.75) is 0 Å². The number of ether oxygens (including phenoxy) is 1. The van der Waals surface area contributed by atoms with Crippen LogP contribution in [0.5, 0.6) is 0 Å². The summed E-state index contributed by atoms with van der Waals surface area (Å²) in [5.41, 5.74) is 5.79. The Kier molecular flexibility index (Phi) is 4.47. The van der Waals surface area contributed by atoms with Crippen LogP contribution in [0.15, 0.2) is 36.4 Å². The second kappa shape index (κ2) is 6.99. The average molecular weight is 396 g/mol. The largest absolute Gasteiger partial charge is 0.398 e. The second-order valence-corrected chi connectivity index (χ2v) is 6.58. The van der Waals surface area contributed by atoms with Gasteiger partial charge in [0.05, 0.1) is 29.3 Å². The van der Waals surface area contributed by atoms with Crippen LogP contribution in [-0.2, 0) is 4.74 Å². The van der Waals surface area contributed by atoms with Crippen LogP contribution in [0, 0.1) is 10.1 Å². The number of fused-ring (bicyclic) bond motifs is 1. The molecule has 10 heteroatoms. The monoisotopic (exact) mass is 396 g/mol. The zero-order valence-electron chi connectivity index (χ0n) is 15.2. The lowest BCUT2D eigenvalue weighted by Crippen LogP contribution is -2.37. The first-order chi connectivity index (χ1) is 13.9. The molecule has 3 amide bonds. The van der Waals surface area contributed by atoms with E-state index in [1.165, 1.54) is 30.3 Å². The number of nitrogens with two attached hydrogens (primary N) is 1. The predicted octanol–water partition coefficient (Wildman–Crippen LogP) is 1.45. The normalized spacial score (nSPS) is 16.1. The quantitative estimate of drug-likeness (QED) is 0.356. The van der Waals surface area contributed by atoms with Gasteiger partial charge in [0.15, 0.2) is 0 Å². The Morgan fingerprint density at radius 2 is 1.83 bits per heavy atom. The standard InChI is InChI=1S/C19H16N4O6/c20-13-3-1-2-12-16(13)19(26)22(18(12)25)17(24)11-4-5-14(15(10-11)23(27)28)21-6-8-29-9-7-21/h1-5,10H,6-9,20H2. The molecule has 148 valence electrons. The zero-order valence-corrected chi connectivity index (χ0v) is 15.2. The molecule has 29 heavy (non-hydrogen) atoms. The number of carbonyl (C=O) groups is 3. The first-order valence-electron chi connectivity index (χ1n) is 8.83. The number of nitrogens with zero attached hydrogens (tertiary/aromatic N) is 3. The predicted molar refractivity (Wildman–Crippen MR) is 102 cm³/mol. The maximum Gasteiger partial charge on any atom is 0.293 e. The number of benzene rings is 2. The van der Waals surface area contributed by atoms with Crippen molar-refractivity contribution in [1.82, 2.24) is 4.90 Å². The van der Waals surface area contributed by atoms with Crippen LogP contribution in [0.25, 0.3) is 0 Å². The number of hydrogen-bond acceptors (Lipinski definition) is 8. The van der Waals surface area contributed by atoms with E-state index in [4.69, 9.17) is 10.5 Å². The molecular weight excluding hydrogens is 380 g/mol. The van der Waals surface area contributed by atoms with E-state index in [1.54, 1.807) is 4.90 Å². The molecule has 2 aliphatic rings. The van der Waals surface area contributed by atoms with Gasteiger partial charge in [-0.05, 0) is 24.3 Å². The van der Waals surface area contributed by atoms with E-state index in [-0.39, 0.29) is 28.1 Å². The second-order valence-electron chi connectivity index (χ2n) is 6.58. The third-order valence-corrected chi connectivity index (χ3v) is 4.92. The third-order valence-electron chi connectivity index (χ3n) is 4.92. The summed E-state index contributed by atoms with van der Waals surface area (Å²) in [6.07, 6.45) is 0. The summed E-state index contributed by atoms with van der Waals surface area (Å²) >= 11 is 0. The third kappa shape index (κ3) is 2.99. The zero-order chi connectivity index (χ0) is 20.7. The summed E-state index contributed by atoms with van der Waals surface area (Å²) in [7, 11) is 0. The summed E-state index contributed by atoms with van der Waals surface area (Å²) in [6, 6.07) is 8.27. The highest BCUT2D eigenvalue weighted by Crippen LogP contribution is 2.32. The smallest absolute Gasteiger partial charge is 0.293 e. The van der Waals surface area contributed by atoms with Crippen LogP contribution < -0.4 is 10.6 Å². The van der Waals surface area contributed by atoms with Gasteiger partial charge in [0.1, 0.15) is 5.69 Å². The summed E-state index contributed by atoms with van der Waals surface area (Å²) in [5, 5.41) is 11.6. The van der Waals surface area contributed by atoms with Gasteiger partial charge in [0.2, 0.25) is 0 Å². The molecule has 0 spiro atoms. The summed E-state index contributed by atoms with van der Waals surface area (Å²) in [4.78, 5) is 51.3. The van der Waals surface area contributed by atoms with E-state index in [9.17, 15) is 24.5 Å². The highest BCUT2D eigenvalue weighted by atomic mass is 16.6. The molecule has 0 aliphatic carbocycles. The van der Waals surface area contributed by atoms with Crippen molar-refractivity contribution >= 4 is 34.8 Å². The number of imide groups is 3. The highest BCUT2D eigenvalue weighted by Gasteiger charge is 2.42. The minimum absolute atomic E-state index is 0.0304. The van der Waals surface area contributed by atoms with Gasteiger partial charge in [0.25, 0.3) is 23.4 Å². The average Bonchev–Trinajstić information content (AvgIpc) is 2.99. The number of rotatable bonds is 3. The minimum Gasteiger partial charge on any atom is -0.398 e. The number of nitro benzene ring substituents is 1. The molecule has 1 fully saturated rings. The van der Waals surface area contributed by atoms with Crippen molar-refractivity contribution in [1.29, 1.82) is 0 Å². The van der Waals surface area contributed by atoms with Crippen LogP contribution in [0.3, 0.4) is 0 Å². The van der Waals surface area contributed by atoms with Gasteiger partial charge < -0.3 is 15.4 Å². The Hall–Kier alpha value is -3.79. The van der Waals surface area contributed by atoms with Crippen molar-refractivity contribution in [2.75, 3.05) is 36.9 Å². The van der Waals surface area contributed by atoms with Crippen LogP contribution in [0.1, 0.15) is 31.1 Å². The first-order valence-corrected chi connectivity index (χ1v) is 8.83. The summed E-state index contributed by atoms with van der Waals surface area (Å²) in [6.45, 7) is 1.83. The lowest BCUT2D eigenvalue weighted by molar-refractivity contribution is -0.384. The van der Waals surface area contributed by atoms with Gasteiger partial charge in [-0.25, -0.2) is 4.90 Å². The van der Waals surface area contributed by atoms with Crippen LogP contribution >= 0.6 is 0 Å². The number of carbonyl (C=O) groups excluding carboxylic acids is 3. The molecule has 0 atom stereocenters. The molecule has 1 saturated heterocycles. The van der Waals surface area contributed by atoms with Crippen molar-refractivity contribution in [3.63, 3.8) is 0 Å². The van der Waals surface area contributed by atoms with Crippen molar-refractivity contribution in [2.24, 2.45) is 0 Å². The van der Waals surface area contributed by atoms with E-state index in [2.05, 4.69) is 0 Å². The Labute approximate surface area is 164 Å². The molecular formula is C19H16N4O6. The van der Waals surface area contributed by atoms with Crippen LogP contribution in [0.4, 0.5) is 17.1 Å². The molecule has 2 aromatic carbocycles. The topological polar surface area (TPSA) is 136 Å². The maximum atomic E-state index is 12.9. The minimum atomic E-state index is -0.938. The molecule has 0 saturated carbocycles. The molecule has 2 N–H and O–H groups in total. The van der Waals surface area contributed by atoms with Crippen LogP contribution in [0.2, 0.25) is 0 Å². The summed E-state index contributed by atoms with van der Waals surface area (Å²) in [5.74, 6) is -2.58. The van der Waals surface area contributed by atoms with Gasteiger partial charge in [-0.2, -0.15) is 0 Å². The number of hydrogen-bond donors (Lipinski definition) is 1. The van der Waals surface area contributed by atoms with E-state index in [1.807, 2.05) is 0 Å². The molecule has 2 heterocycles. The molecule has 0 bridgehead atoms. The Morgan fingerprint density at radius 1 is 1.10 bits per heavy atom. The Morgan fingerprint density at radius 3 is 2.48 bits per heavy atom. The van der Waals surface area contributed by atoms with Gasteiger partial charge in [0, 0.05) is 30.4 Å². The van der Waals surface area contributed by atoms with Gasteiger partial charge in [-0.15, -0.1) is 0 Å². The van der Waals surface area contributed by atoms with Crippen LogP contribution in [-0.4, -0.2) is 53.8 Å². The van der Waals surface area contributed by atoms with E-state index < -0.39 is 22.6 Å². The molecule has 0 aromatic heterocycles. The maximum absolute atomic E-state index is 12.9. The molecule has 2 aliphatic heterocycles. The van der Waals surface area contributed by atoms with Gasteiger partial charge in [-0.1, -0.05) is 6.07 Å². The number of nitrogen functional groups attached to an aromatic ring is 1. The molecule has 10 nitrogen and oxygen atoms in total. The number of morpholine rings is 1. The SMILES string of the molecule is Nc1cccc2c1C(=O)N(C(=O)c1ccc(N3CCOCC3)c([N+](=O)[O-])c1)C2=O. The molecule has 0 radical (unpaired) electrons. The number of anilines is 2. The number of nitro groups is 1. The fraction of sp³-hybridized carbons (Fsp3) is 0.211. The fourth-order valence-electron chi connectivity index (χ4n) is 3.50. The van der Waals surface area contributed by atoms with E-state index in [0.717, 1.165) is 6.07 Å². The Bertz CT molecular complexity index is 1060. The Balaban J connectivity index is 1.70. The molecule has 4 rings (SSSR count). The molecule has 2 aromatic rings. The van der Waals surface area contributed by atoms with E-state index >= 15 is 0 Å². The van der Waals surface area contributed by atoms with Crippen molar-refractivity contribution in [3.05, 3.63) is 63.2 Å². The van der Waals surface area contributed by atoms with Crippen molar-refractivity contribution < 1.29 is 24.0 Å². The van der Waals surface area contributed by atoms with Gasteiger partial charge >= 0.3 is 0 Å². The lowest BCUT2D eigenvalue weighted by atomic mass is 10.1. The lowest BCUT2D eigenvalue weighted by Gasteiger charge is -2.28.